The Hall–Kier alpha value is -1.85. The van der Waals surface area contributed by atoms with Crippen molar-refractivity contribution in [1.29, 1.82) is 0 Å². The maximum Gasteiger partial charge on any atom is 0.125 e. The molecular weight excluding hydrogens is 419 g/mol. The number of aromatic nitrogens is 1. The summed E-state index contributed by atoms with van der Waals surface area (Å²) in [5.41, 5.74) is 3.69. The second-order valence-electron chi connectivity index (χ2n) is 8.23. The molecule has 1 fully saturated rings. The Morgan fingerprint density at radius 3 is 2.79 bits per heavy atom. The van der Waals surface area contributed by atoms with Gasteiger partial charge in [0.2, 0.25) is 0 Å². The summed E-state index contributed by atoms with van der Waals surface area (Å²) in [7, 11) is 1.70. The highest BCUT2D eigenvalue weighted by atomic mass is 79.9. The van der Waals surface area contributed by atoms with Crippen LogP contribution >= 0.6 is 15.9 Å². The number of hydrogen-bond donors (Lipinski definition) is 1. The Morgan fingerprint density at radius 2 is 2.04 bits per heavy atom. The third-order valence-electron chi connectivity index (χ3n) is 6.27. The summed E-state index contributed by atoms with van der Waals surface area (Å²) in [5, 5.41) is 1.27. The fourth-order valence-corrected chi connectivity index (χ4v) is 4.96. The van der Waals surface area contributed by atoms with Gasteiger partial charge in [-0.05, 0) is 49.9 Å². The van der Waals surface area contributed by atoms with Crippen molar-refractivity contribution in [2.24, 2.45) is 0 Å². The number of benzene rings is 2. The van der Waals surface area contributed by atoms with Gasteiger partial charge < -0.3 is 9.72 Å². The van der Waals surface area contributed by atoms with E-state index in [2.05, 4.69) is 63.1 Å². The van der Waals surface area contributed by atoms with E-state index >= 15 is 0 Å². The molecular formula is C23H24BrFN2O. The lowest BCUT2D eigenvalue weighted by Crippen LogP contribution is -2.46. The molecule has 3 aromatic rings. The fourth-order valence-electron chi connectivity index (χ4n) is 4.62. The van der Waals surface area contributed by atoms with Crippen molar-refractivity contribution < 1.29 is 9.13 Å². The van der Waals surface area contributed by atoms with E-state index in [1.807, 2.05) is 12.1 Å². The molecule has 146 valence electrons. The van der Waals surface area contributed by atoms with E-state index in [9.17, 15) is 4.39 Å². The van der Waals surface area contributed by atoms with Crippen molar-refractivity contribution >= 4 is 26.8 Å². The first-order chi connectivity index (χ1) is 13.5. The van der Waals surface area contributed by atoms with E-state index in [0.717, 1.165) is 27.7 Å². The number of nitrogens with zero attached hydrogens (tertiary/aromatic N) is 1. The molecule has 0 saturated heterocycles. The Bertz CT molecular complexity index is 1040. The van der Waals surface area contributed by atoms with Crippen molar-refractivity contribution in [2.75, 3.05) is 13.7 Å². The first-order valence-corrected chi connectivity index (χ1v) is 10.7. The first kappa shape index (κ1) is 18.2. The number of H-pyrrole nitrogens is 1. The quantitative estimate of drug-likeness (QED) is 0.554. The minimum absolute atomic E-state index is 0.0533. The van der Waals surface area contributed by atoms with Gasteiger partial charge in [-0.25, -0.2) is 4.39 Å². The highest BCUT2D eigenvalue weighted by Crippen LogP contribution is 2.48. The largest absolute Gasteiger partial charge is 0.496 e. The SMILES string of the molecule is COc1cc(Br)ccc1[C@@H]1c2[nH]c3ccccc3c2C[C@@H](C)N1CC1(F)CC1. The van der Waals surface area contributed by atoms with Crippen LogP contribution in [0, 0.1) is 0 Å². The second-order valence-corrected chi connectivity index (χ2v) is 9.14. The van der Waals surface area contributed by atoms with Gasteiger partial charge in [0.15, 0.2) is 0 Å². The molecule has 0 radical (unpaired) electrons. The number of nitrogens with one attached hydrogen (secondary N) is 1. The van der Waals surface area contributed by atoms with Crippen LogP contribution in [0.25, 0.3) is 10.9 Å². The number of rotatable bonds is 4. The number of ether oxygens (including phenoxy) is 1. The zero-order chi connectivity index (χ0) is 19.5. The molecule has 2 aromatic carbocycles. The van der Waals surface area contributed by atoms with Crippen LogP contribution in [-0.2, 0) is 6.42 Å². The van der Waals surface area contributed by atoms with Gasteiger partial charge in [-0.2, -0.15) is 0 Å². The van der Waals surface area contributed by atoms with E-state index in [1.54, 1.807) is 7.11 Å². The number of aromatic amines is 1. The lowest BCUT2D eigenvalue weighted by atomic mass is 9.88. The van der Waals surface area contributed by atoms with Crippen molar-refractivity contribution in [3.8, 4) is 5.75 Å². The number of alkyl halides is 1. The lowest BCUT2D eigenvalue weighted by molar-refractivity contribution is 0.0957. The van der Waals surface area contributed by atoms with Crippen LogP contribution in [0.5, 0.6) is 5.75 Å². The summed E-state index contributed by atoms with van der Waals surface area (Å²) in [6, 6.07) is 14.8. The van der Waals surface area contributed by atoms with E-state index in [-0.39, 0.29) is 12.1 Å². The van der Waals surface area contributed by atoms with Crippen LogP contribution < -0.4 is 4.74 Å². The maximum absolute atomic E-state index is 14.9. The monoisotopic (exact) mass is 442 g/mol. The maximum atomic E-state index is 14.9. The zero-order valence-corrected chi connectivity index (χ0v) is 17.7. The molecule has 5 heteroatoms. The van der Waals surface area contributed by atoms with Crippen molar-refractivity contribution in [3.05, 3.63) is 63.8 Å². The predicted octanol–water partition coefficient (Wildman–Crippen LogP) is 5.78. The van der Waals surface area contributed by atoms with Crippen LogP contribution in [-0.4, -0.2) is 35.2 Å². The van der Waals surface area contributed by atoms with Gasteiger partial charge in [-0.15, -0.1) is 0 Å². The number of hydrogen-bond acceptors (Lipinski definition) is 2. The molecule has 2 heterocycles. The van der Waals surface area contributed by atoms with Gasteiger partial charge in [0, 0.05) is 39.2 Å². The molecule has 3 nitrogen and oxygen atoms in total. The molecule has 0 bridgehead atoms. The Morgan fingerprint density at radius 1 is 1.25 bits per heavy atom. The number of methoxy groups -OCH3 is 1. The average Bonchev–Trinajstić information content (AvgIpc) is 3.30. The van der Waals surface area contributed by atoms with Crippen LogP contribution in [0.15, 0.2) is 46.9 Å². The van der Waals surface area contributed by atoms with Gasteiger partial charge >= 0.3 is 0 Å². The van der Waals surface area contributed by atoms with Gasteiger partial charge in [0.25, 0.3) is 0 Å². The highest BCUT2D eigenvalue weighted by Gasteiger charge is 2.48. The normalized spacial score (nSPS) is 23.6. The molecule has 1 saturated carbocycles. The minimum Gasteiger partial charge on any atom is -0.496 e. The second kappa shape index (κ2) is 6.60. The highest BCUT2D eigenvalue weighted by molar-refractivity contribution is 9.10. The Labute approximate surface area is 173 Å². The van der Waals surface area contributed by atoms with Gasteiger partial charge in [-0.1, -0.05) is 40.2 Å². The van der Waals surface area contributed by atoms with Gasteiger partial charge in [-0.3, -0.25) is 4.90 Å². The van der Waals surface area contributed by atoms with Gasteiger partial charge in [0.1, 0.15) is 11.4 Å². The molecule has 1 aliphatic heterocycles. The molecule has 2 aliphatic rings. The summed E-state index contributed by atoms with van der Waals surface area (Å²) in [6.07, 6.45) is 2.25. The van der Waals surface area contributed by atoms with Crippen molar-refractivity contribution in [2.45, 2.75) is 43.9 Å². The van der Waals surface area contributed by atoms with Crippen LogP contribution in [0.4, 0.5) is 4.39 Å². The molecule has 0 spiro atoms. The van der Waals surface area contributed by atoms with Crippen LogP contribution in [0.3, 0.4) is 0 Å². The molecule has 0 unspecified atom stereocenters. The van der Waals surface area contributed by atoms with Crippen molar-refractivity contribution in [3.63, 3.8) is 0 Å². The van der Waals surface area contributed by atoms with Crippen LogP contribution in [0.2, 0.25) is 0 Å². The Balaban J connectivity index is 1.71. The average molecular weight is 443 g/mol. The summed E-state index contributed by atoms with van der Waals surface area (Å²) >= 11 is 3.55. The molecule has 5 rings (SSSR count). The summed E-state index contributed by atoms with van der Waals surface area (Å²) in [6.45, 7) is 2.68. The van der Waals surface area contributed by atoms with E-state index in [1.165, 1.54) is 16.6 Å². The molecule has 28 heavy (non-hydrogen) atoms. The molecule has 1 aliphatic carbocycles. The van der Waals surface area contributed by atoms with E-state index in [0.29, 0.717) is 19.4 Å². The summed E-state index contributed by atoms with van der Waals surface area (Å²) < 4.78 is 21.6. The molecule has 1 N–H and O–H groups in total. The topological polar surface area (TPSA) is 28.3 Å². The van der Waals surface area contributed by atoms with E-state index < -0.39 is 5.67 Å². The third kappa shape index (κ3) is 2.96. The fraction of sp³-hybridized carbons (Fsp3) is 0.391. The number of para-hydroxylation sites is 1. The Kier molecular flexibility index (Phi) is 4.29. The van der Waals surface area contributed by atoms with Crippen LogP contribution in [0.1, 0.15) is 42.6 Å². The number of fused-ring (bicyclic) bond motifs is 3. The predicted molar refractivity (Wildman–Crippen MR) is 114 cm³/mol. The van der Waals surface area contributed by atoms with Crippen molar-refractivity contribution in [1.82, 2.24) is 9.88 Å². The first-order valence-electron chi connectivity index (χ1n) is 9.87. The standard InChI is InChI=1S/C23H24BrFN2O/c1-14-11-18-16-5-3-4-6-19(16)26-21(18)22(27(14)13-23(25)9-10-23)17-8-7-15(24)12-20(17)28-2/h3-8,12,14,22,26H,9-11,13H2,1-2H3/t14-,22-/m1/s1. The van der Waals surface area contributed by atoms with E-state index in [4.69, 9.17) is 4.74 Å². The third-order valence-corrected chi connectivity index (χ3v) is 6.76. The summed E-state index contributed by atoms with van der Waals surface area (Å²) in [5.74, 6) is 0.826. The van der Waals surface area contributed by atoms with Gasteiger partial charge in [0.05, 0.1) is 13.2 Å². The minimum atomic E-state index is -1.04. The summed E-state index contributed by atoms with van der Waals surface area (Å²) in [4.78, 5) is 5.99. The number of halogens is 2. The molecule has 0 amide bonds. The smallest absolute Gasteiger partial charge is 0.125 e. The zero-order valence-electron chi connectivity index (χ0n) is 16.1. The lowest BCUT2D eigenvalue weighted by Gasteiger charge is -2.42. The molecule has 2 atom stereocenters. The molecule has 1 aromatic heterocycles.